The van der Waals surface area contributed by atoms with Gasteiger partial charge in [-0.05, 0) is 12.5 Å². The van der Waals surface area contributed by atoms with Crippen LogP contribution in [0.4, 0.5) is 0 Å². The topological polar surface area (TPSA) is 23.6 Å². The number of carbonyl (C=O) groups is 1. The minimum Gasteiger partial charge on any atom is -0.272 e. The fraction of sp³-hybridized carbons (Fsp3) is 0.571. The number of amides is 1. The molecule has 1 saturated heterocycles. The quantitative estimate of drug-likeness (QED) is 0.487. The molecule has 1 amide bonds. The second-order valence-corrected chi connectivity index (χ2v) is 2.40. The summed E-state index contributed by atoms with van der Waals surface area (Å²) in [7, 11) is 1.91. The average Bonchev–Trinajstić information content (AvgIpc) is 2.34. The van der Waals surface area contributed by atoms with Gasteiger partial charge in [0.25, 0.3) is 5.91 Å². The third-order valence-electron chi connectivity index (χ3n) is 1.69. The Bertz CT molecular complexity index is 156. The highest BCUT2D eigenvalue weighted by Gasteiger charge is 2.20. The summed E-state index contributed by atoms with van der Waals surface area (Å²) in [5, 5.41) is 3.62. The number of hydrogen-bond donors (Lipinski definition) is 0. The minimum absolute atomic E-state index is 0.000000000000000666. The Balaban J connectivity index is 2.54. The highest BCUT2D eigenvalue weighted by molar-refractivity contribution is 5.86. The molecule has 0 aromatic heterocycles. The molecule has 1 fully saturated rings. The molecule has 0 spiro atoms. The van der Waals surface area contributed by atoms with Crippen LogP contribution in [0, 0.1) is 0 Å². The fourth-order valence-electron chi connectivity index (χ4n) is 1.12. The molecule has 3 heteroatoms. The molecule has 10 heavy (non-hydrogen) atoms. The van der Waals surface area contributed by atoms with E-state index in [1.54, 1.807) is 5.01 Å². The number of rotatable bonds is 1. The number of carbonyl (C=O) groups excluding carboxylic acids is 1. The summed E-state index contributed by atoms with van der Waals surface area (Å²) in [4.78, 5) is 11.0. The maximum absolute atomic E-state index is 11.0. The van der Waals surface area contributed by atoms with Crippen LogP contribution in [0.15, 0.2) is 12.7 Å². The second-order valence-electron chi connectivity index (χ2n) is 2.40. The Morgan fingerprint density at radius 3 is 2.70 bits per heavy atom. The molecule has 0 aliphatic carbocycles. The van der Waals surface area contributed by atoms with Gasteiger partial charge in [0, 0.05) is 20.1 Å². The smallest absolute Gasteiger partial charge is 0.260 e. The van der Waals surface area contributed by atoms with Crippen molar-refractivity contribution in [2.75, 3.05) is 20.1 Å². The zero-order valence-electron chi connectivity index (χ0n) is 6.21. The highest BCUT2D eigenvalue weighted by Crippen LogP contribution is 2.06. The van der Waals surface area contributed by atoms with E-state index in [9.17, 15) is 4.79 Å². The first-order chi connectivity index (χ1) is 4.75. The van der Waals surface area contributed by atoms with E-state index in [1.165, 1.54) is 6.08 Å². The van der Waals surface area contributed by atoms with Gasteiger partial charge in [0.05, 0.1) is 0 Å². The Hall–Kier alpha value is -0.830. The molecule has 0 aromatic rings. The summed E-state index contributed by atoms with van der Waals surface area (Å²) in [5.74, 6) is 0.000000000000000666. The van der Waals surface area contributed by atoms with E-state index < -0.39 is 0 Å². The molecule has 1 rings (SSSR count). The van der Waals surface area contributed by atoms with Crippen LogP contribution in [-0.2, 0) is 4.79 Å². The lowest BCUT2D eigenvalue weighted by molar-refractivity contribution is -0.136. The first kappa shape index (κ1) is 7.28. The molecule has 1 aliphatic rings. The molecule has 0 N–H and O–H groups in total. The van der Waals surface area contributed by atoms with Gasteiger partial charge < -0.3 is 0 Å². The summed E-state index contributed by atoms with van der Waals surface area (Å²) < 4.78 is 0. The summed E-state index contributed by atoms with van der Waals surface area (Å²) in [6.07, 6.45) is 2.41. The van der Waals surface area contributed by atoms with Crippen LogP contribution in [0.25, 0.3) is 0 Å². The van der Waals surface area contributed by atoms with Crippen molar-refractivity contribution in [1.82, 2.24) is 10.0 Å². The van der Waals surface area contributed by atoms with Crippen molar-refractivity contribution in [3.8, 4) is 0 Å². The van der Waals surface area contributed by atoms with Gasteiger partial charge in [-0.1, -0.05) is 6.58 Å². The van der Waals surface area contributed by atoms with Crippen LogP contribution < -0.4 is 0 Å². The van der Waals surface area contributed by atoms with Crippen molar-refractivity contribution in [3.05, 3.63) is 12.7 Å². The van der Waals surface area contributed by atoms with Gasteiger partial charge in [-0.2, -0.15) is 0 Å². The Morgan fingerprint density at radius 1 is 1.60 bits per heavy atom. The van der Waals surface area contributed by atoms with E-state index in [-0.39, 0.29) is 5.91 Å². The van der Waals surface area contributed by atoms with E-state index in [0.717, 1.165) is 19.5 Å². The van der Waals surface area contributed by atoms with E-state index in [4.69, 9.17) is 0 Å². The minimum atomic E-state index is 0.000000000000000666. The van der Waals surface area contributed by atoms with Crippen molar-refractivity contribution in [2.45, 2.75) is 6.42 Å². The predicted octanol–water partition coefficient (Wildman–Crippen LogP) is 0.252. The normalized spacial score (nSPS) is 19.5. The molecule has 0 saturated carbocycles. The van der Waals surface area contributed by atoms with Crippen LogP contribution >= 0.6 is 0 Å². The molecular formula is C7H12N2O. The third-order valence-corrected chi connectivity index (χ3v) is 1.69. The Kier molecular flexibility index (Phi) is 2.06. The maximum atomic E-state index is 11.0. The molecule has 0 bridgehead atoms. The average molecular weight is 140 g/mol. The highest BCUT2D eigenvalue weighted by atomic mass is 16.2. The summed E-state index contributed by atoms with van der Waals surface area (Å²) in [6.45, 7) is 5.23. The van der Waals surface area contributed by atoms with Gasteiger partial charge in [-0.15, -0.1) is 0 Å². The van der Waals surface area contributed by atoms with Gasteiger partial charge in [0.2, 0.25) is 0 Å². The molecule has 0 unspecified atom stereocenters. The molecule has 1 heterocycles. The van der Waals surface area contributed by atoms with Crippen molar-refractivity contribution >= 4 is 5.91 Å². The molecule has 1 aliphatic heterocycles. The molecule has 3 nitrogen and oxygen atoms in total. The summed E-state index contributed by atoms with van der Waals surface area (Å²) in [5.41, 5.74) is 0. The van der Waals surface area contributed by atoms with Gasteiger partial charge in [-0.25, -0.2) is 5.01 Å². The molecule has 56 valence electrons. The fourth-order valence-corrected chi connectivity index (χ4v) is 1.12. The van der Waals surface area contributed by atoms with E-state index in [2.05, 4.69) is 6.58 Å². The van der Waals surface area contributed by atoms with Crippen molar-refractivity contribution < 1.29 is 4.79 Å². The maximum Gasteiger partial charge on any atom is 0.260 e. The van der Waals surface area contributed by atoms with Gasteiger partial charge in [0.1, 0.15) is 0 Å². The largest absolute Gasteiger partial charge is 0.272 e. The molecule has 0 aromatic carbocycles. The second kappa shape index (κ2) is 2.84. The van der Waals surface area contributed by atoms with Crippen molar-refractivity contribution in [1.29, 1.82) is 0 Å². The third kappa shape index (κ3) is 1.19. The van der Waals surface area contributed by atoms with Crippen molar-refractivity contribution in [3.63, 3.8) is 0 Å². The van der Waals surface area contributed by atoms with Gasteiger partial charge in [-0.3, -0.25) is 9.80 Å². The first-order valence-corrected chi connectivity index (χ1v) is 3.40. The summed E-state index contributed by atoms with van der Waals surface area (Å²) in [6, 6.07) is 0. The van der Waals surface area contributed by atoms with Crippen LogP contribution in [0.2, 0.25) is 0 Å². The van der Waals surface area contributed by atoms with E-state index in [1.807, 2.05) is 12.1 Å². The van der Waals surface area contributed by atoms with Crippen LogP contribution in [0.1, 0.15) is 6.42 Å². The standard InChI is InChI=1S/C7H12N2O/c1-3-7(10)9-6-4-5-8(9)2/h3H,1,4-6H2,2H3. The molecule has 0 atom stereocenters. The van der Waals surface area contributed by atoms with E-state index in [0.29, 0.717) is 0 Å². The lowest BCUT2D eigenvalue weighted by Crippen LogP contribution is -2.37. The van der Waals surface area contributed by atoms with Crippen LogP contribution in [-0.4, -0.2) is 36.1 Å². The lowest BCUT2D eigenvalue weighted by Gasteiger charge is -2.21. The monoisotopic (exact) mass is 140 g/mol. The van der Waals surface area contributed by atoms with Gasteiger partial charge >= 0.3 is 0 Å². The number of hydrazine groups is 1. The van der Waals surface area contributed by atoms with E-state index >= 15 is 0 Å². The zero-order chi connectivity index (χ0) is 7.56. The number of hydrogen-bond acceptors (Lipinski definition) is 2. The van der Waals surface area contributed by atoms with Crippen molar-refractivity contribution in [2.24, 2.45) is 0 Å². The zero-order valence-corrected chi connectivity index (χ0v) is 6.21. The Morgan fingerprint density at radius 2 is 2.30 bits per heavy atom. The Labute approximate surface area is 60.9 Å². The first-order valence-electron chi connectivity index (χ1n) is 3.40. The summed E-state index contributed by atoms with van der Waals surface area (Å²) >= 11 is 0. The van der Waals surface area contributed by atoms with Gasteiger partial charge in [0.15, 0.2) is 0 Å². The number of nitrogens with zero attached hydrogens (tertiary/aromatic N) is 2. The lowest BCUT2D eigenvalue weighted by atomic mass is 10.4. The van der Waals surface area contributed by atoms with Crippen LogP contribution in [0.3, 0.4) is 0 Å². The molecular weight excluding hydrogens is 128 g/mol. The van der Waals surface area contributed by atoms with Crippen LogP contribution in [0.5, 0.6) is 0 Å². The molecule has 0 radical (unpaired) electrons. The predicted molar refractivity (Wildman–Crippen MR) is 39.2 cm³/mol. The SMILES string of the molecule is C=CC(=O)N1CCCN1C.